The molecular formula is C14H18N4O2. The molecule has 6 heteroatoms. The Labute approximate surface area is 117 Å². The predicted octanol–water partition coefficient (Wildman–Crippen LogP) is 1.44. The summed E-state index contributed by atoms with van der Waals surface area (Å²) in [6, 6.07) is 7.82. The van der Waals surface area contributed by atoms with Crippen molar-refractivity contribution in [3.63, 3.8) is 0 Å². The number of aromatic amines is 1. The molecule has 2 N–H and O–H groups in total. The topological polar surface area (TPSA) is 79.9 Å². The fraction of sp³-hybridized carbons (Fsp3) is 0.357. The normalized spacial score (nSPS) is 10.5. The van der Waals surface area contributed by atoms with Crippen LogP contribution in [0, 0.1) is 0 Å². The summed E-state index contributed by atoms with van der Waals surface area (Å²) in [5.74, 6) is 0.592. The maximum atomic E-state index is 11.9. The maximum absolute atomic E-state index is 11.9. The third-order valence-corrected chi connectivity index (χ3v) is 2.93. The average Bonchev–Trinajstić information content (AvgIpc) is 2.95. The summed E-state index contributed by atoms with van der Waals surface area (Å²) in [6.45, 7) is 2.89. The molecule has 0 spiro atoms. The zero-order valence-corrected chi connectivity index (χ0v) is 11.6. The summed E-state index contributed by atoms with van der Waals surface area (Å²) in [7, 11) is 1.65. The second-order valence-electron chi connectivity index (χ2n) is 4.34. The molecule has 0 aliphatic heterocycles. The van der Waals surface area contributed by atoms with E-state index in [1.807, 2.05) is 31.2 Å². The lowest BCUT2D eigenvalue weighted by atomic mass is 10.1. The van der Waals surface area contributed by atoms with Gasteiger partial charge in [-0.15, -0.1) is 5.10 Å². The van der Waals surface area contributed by atoms with Crippen LogP contribution in [0.5, 0.6) is 0 Å². The van der Waals surface area contributed by atoms with Crippen molar-refractivity contribution in [1.82, 2.24) is 20.5 Å². The van der Waals surface area contributed by atoms with Crippen molar-refractivity contribution in [1.29, 1.82) is 0 Å². The molecule has 6 nitrogen and oxygen atoms in total. The molecular weight excluding hydrogens is 256 g/mol. The Bertz CT molecular complexity index is 580. The van der Waals surface area contributed by atoms with Crippen molar-refractivity contribution < 1.29 is 9.53 Å². The van der Waals surface area contributed by atoms with E-state index in [1.54, 1.807) is 7.11 Å². The van der Waals surface area contributed by atoms with Gasteiger partial charge >= 0.3 is 0 Å². The second kappa shape index (κ2) is 6.81. The van der Waals surface area contributed by atoms with Crippen LogP contribution >= 0.6 is 0 Å². The highest BCUT2D eigenvalue weighted by Gasteiger charge is 2.12. The van der Waals surface area contributed by atoms with Gasteiger partial charge in [0.15, 0.2) is 0 Å². The number of aromatic nitrogens is 3. The molecule has 106 valence electrons. The molecule has 0 fully saturated rings. The van der Waals surface area contributed by atoms with Crippen molar-refractivity contribution in [3.8, 4) is 0 Å². The van der Waals surface area contributed by atoms with E-state index in [2.05, 4.69) is 20.5 Å². The molecule has 2 aromatic rings. The molecule has 0 aliphatic rings. The number of nitrogens with one attached hydrogen (secondary N) is 2. The summed E-state index contributed by atoms with van der Waals surface area (Å²) in [5.41, 5.74) is 2.08. The van der Waals surface area contributed by atoms with E-state index in [-0.39, 0.29) is 11.7 Å². The van der Waals surface area contributed by atoms with Gasteiger partial charge in [0.2, 0.25) is 5.82 Å². The third kappa shape index (κ3) is 3.42. The molecule has 0 saturated carbocycles. The zero-order valence-electron chi connectivity index (χ0n) is 11.6. The summed E-state index contributed by atoms with van der Waals surface area (Å²) in [5, 5.41) is 9.42. The number of hydrogen-bond donors (Lipinski definition) is 2. The van der Waals surface area contributed by atoms with Gasteiger partial charge in [-0.05, 0) is 11.1 Å². The SMILES string of the molecule is CCc1nc(C(=O)NCc2ccccc2COC)n[nH]1. The average molecular weight is 274 g/mol. The van der Waals surface area contributed by atoms with Gasteiger partial charge in [0.25, 0.3) is 5.91 Å². The van der Waals surface area contributed by atoms with Gasteiger partial charge in [0.1, 0.15) is 5.82 Å². The van der Waals surface area contributed by atoms with Crippen LogP contribution in [0.15, 0.2) is 24.3 Å². The zero-order chi connectivity index (χ0) is 14.4. The van der Waals surface area contributed by atoms with E-state index in [0.717, 1.165) is 17.5 Å². The Morgan fingerprint density at radius 1 is 1.35 bits per heavy atom. The first-order valence-corrected chi connectivity index (χ1v) is 6.49. The summed E-state index contributed by atoms with van der Waals surface area (Å²) >= 11 is 0. The Morgan fingerprint density at radius 3 is 2.75 bits per heavy atom. The molecule has 0 saturated heterocycles. The minimum absolute atomic E-state index is 0.172. The minimum Gasteiger partial charge on any atom is -0.380 e. The van der Waals surface area contributed by atoms with Gasteiger partial charge in [-0.2, -0.15) is 0 Å². The fourth-order valence-corrected chi connectivity index (χ4v) is 1.84. The van der Waals surface area contributed by atoms with Crippen LogP contribution in [0.4, 0.5) is 0 Å². The van der Waals surface area contributed by atoms with Crippen LogP contribution in [0.2, 0.25) is 0 Å². The van der Waals surface area contributed by atoms with E-state index in [9.17, 15) is 4.79 Å². The lowest BCUT2D eigenvalue weighted by Crippen LogP contribution is -2.24. The highest BCUT2D eigenvalue weighted by atomic mass is 16.5. The number of rotatable bonds is 6. The van der Waals surface area contributed by atoms with Gasteiger partial charge in [-0.25, -0.2) is 4.98 Å². The summed E-state index contributed by atoms with van der Waals surface area (Å²) < 4.78 is 5.14. The number of ether oxygens (including phenoxy) is 1. The Balaban J connectivity index is 1.99. The number of carbonyl (C=O) groups excluding carboxylic acids is 1. The molecule has 0 unspecified atom stereocenters. The first-order valence-electron chi connectivity index (χ1n) is 6.49. The fourth-order valence-electron chi connectivity index (χ4n) is 1.84. The van der Waals surface area contributed by atoms with Crippen molar-refractivity contribution >= 4 is 5.91 Å². The molecule has 1 aromatic carbocycles. The number of hydrogen-bond acceptors (Lipinski definition) is 4. The van der Waals surface area contributed by atoms with E-state index < -0.39 is 0 Å². The van der Waals surface area contributed by atoms with Crippen molar-refractivity contribution in [2.75, 3.05) is 7.11 Å². The van der Waals surface area contributed by atoms with Gasteiger partial charge < -0.3 is 10.1 Å². The number of H-pyrrole nitrogens is 1. The molecule has 0 aliphatic carbocycles. The monoisotopic (exact) mass is 274 g/mol. The molecule has 0 atom stereocenters. The van der Waals surface area contributed by atoms with Crippen LogP contribution in [0.1, 0.15) is 34.5 Å². The molecule has 0 bridgehead atoms. The number of methoxy groups -OCH3 is 1. The Morgan fingerprint density at radius 2 is 2.10 bits per heavy atom. The Kier molecular flexibility index (Phi) is 4.84. The second-order valence-corrected chi connectivity index (χ2v) is 4.34. The standard InChI is InChI=1S/C14H18N4O2/c1-3-12-16-13(18-17-12)14(19)15-8-10-6-4-5-7-11(10)9-20-2/h4-7H,3,8-9H2,1-2H3,(H,15,19)(H,16,17,18). The Hall–Kier alpha value is -2.21. The van der Waals surface area contributed by atoms with E-state index in [1.165, 1.54) is 0 Å². The number of carbonyl (C=O) groups is 1. The first kappa shape index (κ1) is 14.2. The number of amides is 1. The molecule has 1 heterocycles. The van der Waals surface area contributed by atoms with Gasteiger partial charge in [0.05, 0.1) is 6.61 Å². The smallest absolute Gasteiger partial charge is 0.291 e. The maximum Gasteiger partial charge on any atom is 0.291 e. The van der Waals surface area contributed by atoms with Crippen LogP contribution in [-0.4, -0.2) is 28.2 Å². The summed E-state index contributed by atoms with van der Waals surface area (Å²) in [4.78, 5) is 16.0. The van der Waals surface area contributed by atoms with Gasteiger partial charge in [0, 0.05) is 20.1 Å². The van der Waals surface area contributed by atoms with E-state index >= 15 is 0 Å². The molecule has 20 heavy (non-hydrogen) atoms. The number of benzene rings is 1. The summed E-state index contributed by atoms with van der Waals surface area (Å²) in [6.07, 6.45) is 0.719. The van der Waals surface area contributed by atoms with Crippen LogP contribution in [-0.2, 0) is 24.3 Å². The quantitative estimate of drug-likeness (QED) is 0.835. The molecule has 2 rings (SSSR count). The predicted molar refractivity (Wildman–Crippen MR) is 74.1 cm³/mol. The highest BCUT2D eigenvalue weighted by molar-refractivity contribution is 5.90. The highest BCUT2D eigenvalue weighted by Crippen LogP contribution is 2.09. The van der Waals surface area contributed by atoms with Crippen LogP contribution in [0.3, 0.4) is 0 Å². The largest absolute Gasteiger partial charge is 0.380 e. The molecule has 0 radical (unpaired) electrons. The lowest BCUT2D eigenvalue weighted by molar-refractivity contribution is 0.0940. The van der Waals surface area contributed by atoms with Gasteiger partial charge in [-0.1, -0.05) is 31.2 Å². The third-order valence-electron chi connectivity index (χ3n) is 2.93. The van der Waals surface area contributed by atoms with Crippen LogP contribution in [0.25, 0.3) is 0 Å². The van der Waals surface area contributed by atoms with Gasteiger partial charge in [-0.3, -0.25) is 9.89 Å². The van der Waals surface area contributed by atoms with E-state index in [0.29, 0.717) is 19.0 Å². The lowest BCUT2D eigenvalue weighted by Gasteiger charge is -2.09. The first-order chi connectivity index (χ1) is 9.74. The number of aryl methyl sites for hydroxylation is 1. The minimum atomic E-state index is -0.284. The van der Waals surface area contributed by atoms with E-state index in [4.69, 9.17) is 4.74 Å². The van der Waals surface area contributed by atoms with Crippen LogP contribution < -0.4 is 5.32 Å². The number of nitrogens with zero attached hydrogens (tertiary/aromatic N) is 2. The molecule has 1 amide bonds. The van der Waals surface area contributed by atoms with Crippen molar-refractivity contribution in [3.05, 3.63) is 47.0 Å². The molecule has 1 aromatic heterocycles. The van der Waals surface area contributed by atoms with Crippen molar-refractivity contribution in [2.24, 2.45) is 0 Å². The van der Waals surface area contributed by atoms with Crippen molar-refractivity contribution in [2.45, 2.75) is 26.5 Å².